The summed E-state index contributed by atoms with van der Waals surface area (Å²) in [6.45, 7) is 7.30. The maximum absolute atomic E-state index is 5.74. The Labute approximate surface area is 177 Å². The Morgan fingerprint density at radius 1 is 1.03 bits per heavy atom. The van der Waals surface area contributed by atoms with Gasteiger partial charge in [0.15, 0.2) is 16.6 Å². The summed E-state index contributed by atoms with van der Waals surface area (Å²) in [5.41, 5.74) is 0.866. The molecule has 0 amide bonds. The number of aromatic nitrogens is 2. The van der Waals surface area contributed by atoms with E-state index in [2.05, 4.69) is 31.6 Å². The number of fused-ring (bicyclic) bond motifs is 1. The standard InChI is InChI=1S/C21H29N5O2S/c1-4-7-25-10-11-26(21(25)29)15-5-8-24(9-6-15)20-16-12-18(27-2)19(28-3)13-17(16)22-14-23-20/h12-15H,4-11H2,1-3H3. The normalized spacial score (nSPS) is 18.0. The quantitative estimate of drug-likeness (QED) is 0.668. The van der Waals surface area contributed by atoms with Gasteiger partial charge in [0, 0.05) is 50.2 Å². The second-order valence-corrected chi connectivity index (χ2v) is 7.97. The first-order valence-electron chi connectivity index (χ1n) is 10.3. The van der Waals surface area contributed by atoms with Crippen molar-refractivity contribution in [1.29, 1.82) is 0 Å². The van der Waals surface area contributed by atoms with Crippen LogP contribution in [0.25, 0.3) is 10.9 Å². The van der Waals surface area contributed by atoms with E-state index in [0.29, 0.717) is 17.5 Å². The molecule has 1 aromatic heterocycles. The zero-order valence-electron chi connectivity index (χ0n) is 17.4. The first-order chi connectivity index (χ1) is 14.2. The average molecular weight is 416 g/mol. The van der Waals surface area contributed by atoms with Gasteiger partial charge in [0.05, 0.1) is 19.7 Å². The average Bonchev–Trinajstić information content (AvgIpc) is 3.13. The third kappa shape index (κ3) is 3.77. The fourth-order valence-corrected chi connectivity index (χ4v) is 4.85. The molecule has 29 heavy (non-hydrogen) atoms. The van der Waals surface area contributed by atoms with E-state index in [1.807, 2.05) is 12.1 Å². The molecule has 2 saturated heterocycles. The smallest absolute Gasteiger partial charge is 0.171 e. The minimum absolute atomic E-state index is 0.517. The van der Waals surface area contributed by atoms with Crippen molar-refractivity contribution in [2.24, 2.45) is 0 Å². The van der Waals surface area contributed by atoms with Crippen molar-refractivity contribution in [3.63, 3.8) is 0 Å². The predicted octanol–water partition coefficient (Wildman–Crippen LogP) is 2.93. The topological polar surface area (TPSA) is 54.0 Å². The molecule has 0 spiro atoms. The van der Waals surface area contributed by atoms with Gasteiger partial charge in [-0.2, -0.15) is 0 Å². The van der Waals surface area contributed by atoms with Crippen molar-refractivity contribution >= 4 is 34.1 Å². The van der Waals surface area contributed by atoms with Crippen LogP contribution in [0.3, 0.4) is 0 Å². The van der Waals surface area contributed by atoms with E-state index in [9.17, 15) is 0 Å². The zero-order valence-corrected chi connectivity index (χ0v) is 18.2. The van der Waals surface area contributed by atoms with Gasteiger partial charge in [-0.1, -0.05) is 6.92 Å². The summed E-state index contributed by atoms with van der Waals surface area (Å²) >= 11 is 5.74. The van der Waals surface area contributed by atoms with Gasteiger partial charge in [-0.05, 0) is 37.5 Å². The van der Waals surface area contributed by atoms with Gasteiger partial charge in [0.25, 0.3) is 0 Å². The van der Waals surface area contributed by atoms with Crippen molar-refractivity contribution in [3.8, 4) is 11.5 Å². The SMILES string of the molecule is CCCN1CCN(C2CCN(c3ncnc4cc(OC)c(OC)cc34)CC2)C1=S. The van der Waals surface area contributed by atoms with Crippen LogP contribution in [-0.4, -0.2) is 77.9 Å². The molecule has 0 radical (unpaired) electrons. The Kier molecular flexibility index (Phi) is 5.89. The summed E-state index contributed by atoms with van der Waals surface area (Å²) < 4.78 is 10.9. The Morgan fingerprint density at radius 2 is 1.76 bits per heavy atom. The van der Waals surface area contributed by atoms with Gasteiger partial charge >= 0.3 is 0 Å². The van der Waals surface area contributed by atoms with Crippen LogP contribution in [0.4, 0.5) is 5.82 Å². The van der Waals surface area contributed by atoms with Gasteiger partial charge in [-0.15, -0.1) is 0 Å². The molecule has 2 aliphatic rings. The monoisotopic (exact) mass is 415 g/mol. The molecule has 2 aromatic rings. The highest BCUT2D eigenvalue weighted by atomic mass is 32.1. The van der Waals surface area contributed by atoms with Gasteiger partial charge in [0.1, 0.15) is 12.1 Å². The van der Waals surface area contributed by atoms with E-state index in [1.165, 1.54) is 0 Å². The van der Waals surface area contributed by atoms with Crippen molar-refractivity contribution in [2.45, 2.75) is 32.2 Å². The molecule has 8 heteroatoms. The molecule has 0 atom stereocenters. The molecule has 0 N–H and O–H groups in total. The fourth-order valence-electron chi connectivity index (χ4n) is 4.43. The Bertz CT molecular complexity index is 885. The van der Waals surface area contributed by atoms with E-state index in [0.717, 1.165) is 73.8 Å². The molecule has 2 aliphatic heterocycles. The van der Waals surface area contributed by atoms with Crippen LogP contribution in [0.2, 0.25) is 0 Å². The third-order valence-electron chi connectivity index (χ3n) is 5.94. The number of hydrogen-bond acceptors (Lipinski definition) is 6. The molecule has 3 heterocycles. The first kappa shape index (κ1) is 19.9. The number of piperidine rings is 1. The highest BCUT2D eigenvalue weighted by molar-refractivity contribution is 7.80. The van der Waals surface area contributed by atoms with Crippen LogP contribution in [0.1, 0.15) is 26.2 Å². The predicted molar refractivity (Wildman–Crippen MR) is 119 cm³/mol. The number of thiocarbonyl (C=S) groups is 1. The van der Waals surface area contributed by atoms with Crippen LogP contribution in [0, 0.1) is 0 Å². The van der Waals surface area contributed by atoms with Crippen LogP contribution < -0.4 is 14.4 Å². The lowest BCUT2D eigenvalue weighted by Gasteiger charge is -2.38. The number of benzene rings is 1. The van der Waals surface area contributed by atoms with Gasteiger partial charge in [-0.3, -0.25) is 0 Å². The highest BCUT2D eigenvalue weighted by Crippen LogP contribution is 2.35. The number of anilines is 1. The second kappa shape index (κ2) is 8.57. The molecule has 1 aromatic carbocycles. The minimum Gasteiger partial charge on any atom is -0.493 e. The molecule has 0 bridgehead atoms. The van der Waals surface area contributed by atoms with E-state index < -0.39 is 0 Å². The molecule has 2 fully saturated rings. The minimum atomic E-state index is 0.517. The van der Waals surface area contributed by atoms with E-state index >= 15 is 0 Å². The number of nitrogens with zero attached hydrogens (tertiary/aromatic N) is 5. The molecule has 0 unspecified atom stereocenters. The molecular formula is C21H29N5O2S. The summed E-state index contributed by atoms with van der Waals surface area (Å²) in [5.74, 6) is 2.35. The van der Waals surface area contributed by atoms with Crippen molar-refractivity contribution in [2.75, 3.05) is 51.8 Å². The van der Waals surface area contributed by atoms with Crippen LogP contribution in [0.15, 0.2) is 18.5 Å². The van der Waals surface area contributed by atoms with E-state index in [-0.39, 0.29) is 0 Å². The molecule has 4 rings (SSSR count). The highest BCUT2D eigenvalue weighted by Gasteiger charge is 2.32. The van der Waals surface area contributed by atoms with E-state index in [1.54, 1.807) is 20.5 Å². The summed E-state index contributed by atoms with van der Waals surface area (Å²) in [7, 11) is 3.29. The van der Waals surface area contributed by atoms with Gasteiger partial charge < -0.3 is 24.2 Å². The Morgan fingerprint density at radius 3 is 2.45 bits per heavy atom. The molecule has 7 nitrogen and oxygen atoms in total. The lowest BCUT2D eigenvalue weighted by Crippen LogP contribution is -2.46. The number of ether oxygens (including phenoxy) is 2. The van der Waals surface area contributed by atoms with Crippen LogP contribution >= 0.6 is 12.2 Å². The third-order valence-corrected chi connectivity index (χ3v) is 6.44. The maximum atomic E-state index is 5.74. The number of hydrogen-bond donors (Lipinski definition) is 0. The van der Waals surface area contributed by atoms with E-state index in [4.69, 9.17) is 21.7 Å². The summed E-state index contributed by atoms with van der Waals surface area (Å²) in [5, 5.41) is 2.03. The zero-order chi connectivity index (χ0) is 20.4. The van der Waals surface area contributed by atoms with Crippen molar-refractivity contribution in [1.82, 2.24) is 19.8 Å². The number of methoxy groups -OCH3 is 2. The summed E-state index contributed by atoms with van der Waals surface area (Å²) in [4.78, 5) is 16.2. The summed E-state index contributed by atoms with van der Waals surface area (Å²) in [6, 6.07) is 4.41. The van der Waals surface area contributed by atoms with Gasteiger partial charge in [-0.25, -0.2) is 9.97 Å². The van der Waals surface area contributed by atoms with Crippen LogP contribution in [0.5, 0.6) is 11.5 Å². The molecular weight excluding hydrogens is 386 g/mol. The lowest BCUT2D eigenvalue weighted by molar-refractivity contribution is 0.288. The fraction of sp³-hybridized carbons (Fsp3) is 0.571. The first-order valence-corrected chi connectivity index (χ1v) is 10.7. The Hall–Kier alpha value is -2.35. The maximum Gasteiger partial charge on any atom is 0.171 e. The largest absolute Gasteiger partial charge is 0.493 e. The van der Waals surface area contributed by atoms with Crippen molar-refractivity contribution in [3.05, 3.63) is 18.5 Å². The molecule has 0 aliphatic carbocycles. The summed E-state index contributed by atoms with van der Waals surface area (Å²) in [6.07, 6.45) is 4.94. The van der Waals surface area contributed by atoms with Crippen LogP contribution in [-0.2, 0) is 0 Å². The second-order valence-electron chi connectivity index (χ2n) is 7.60. The van der Waals surface area contributed by atoms with Gasteiger partial charge in [0.2, 0.25) is 0 Å². The Balaban J connectivity index is 1.50. The van der Waals surface area contributed by atoms with Crippen molar-refractivity contribution < 1.29 is 9.47 Å². The molecule has 156 valence electrons. The number of rotatable bonds is 6. The lowest BCUT2D eigenvalue weighted by atomic mass is 10.0. The molecule has 0 saturated carbocycles.